The van der Waals surface area contributed by atoms with E-state index in [2.05, 4.69) is 10.3 Å². The van der Waals surface area contributed by atoms with Crippen molar-refractivity contribution in [3.63, 3.8) is 0 Å². The largest absolute Gasteiger partial charge is 0.394 e. The van der Waals surface area contributed by atoms with E-state index in [0.29, 0.717) is 5.69 Å². The molecule has 4 nitrogen and oxygen atoms in total. The number of aliphatic hydroxyl groups is 1. The van der Waals surface area contributed by atoms with Crippen LogP contribution in [0.15, 0.2) is 24.4 Å². The first kappa shape index (κ1) is 12.6. The van der Waals surface area contributed by atoms with Gasteiger partial charge >= 0.3 is 0 Å². The predicted molar refractivity (Wildman–Crippen MR) is 62.0 cm³/mol. The van der Waals surface area contributed by atoms with Crippen LogP contribution in [-0.2, 0) is 0 Å². The van der Waals surface area contributed by atoms with Crippen molar-refractivity contribution in [1.82, 2.24) is 10.3 Å². The second-order valence-corrected chi connectivity index (χ2v) is 4.79. The predicted octanol–water partition coefficient (Wildman–Crippen LogP) is 1.22. The highest BCUT2D eigenvalue weighted by molar-refractivity contribution is 5.92. The number of amides is 1. The lowest BCUT2D eigenvalue weighted by molar-refractivity contribution is 0.0843. The van der Waals surface area contributed by atoms with E-state index in [4.69, 9.17) is 0 Å². The Balaban J connectivity index is 2.71. The number of hydrogen-bond donors (Lipinski definition) is 2. The van der Waals surface area contributed by atoms with Crippen molar-refractivity contribution in [3.05, 3.63) is 30.1 Å². The van der Waals surface area contributed by atoms with Gasteiger partial charge in [-0.25, -0.2) is 0 Å². The molecule has 0 saturated carbocycles. The first-order chi connectivity index (χ1) is 7.45. The number of pyridine rings is 1. The minimum atomic E-state index is -0.276. The van der Waals surface area contributed by atoms with Crippen LogP contribution in [0.2, 0.25) is 0 Å². The van der Waals surface area contributed by atoms with Gasteiger partial charge in [-0.15, -0.1) is 0 Å². The second-order valence-electron chi connectivity index (χ2n) is 4.79. The molecule has 1 aromatic heterocycles. The van der Waals surface area contributed by atoms with Gasteiger partial charge < -0.3 is 10.4 Å². The van der Waals surface area contributed by atoms with Gasteiger partial charge in [0.05, 0.1) is 12.6 Å². The van der Waals surface area contributed by atoms with Crippen molar-refractivity contribution in [1.29, 1.82) is 0 Å². The molecule has 0 bridgehead atoms. The molecule has 1 heterocycles. The van der Waals surface area contributed by atoms with Gasteiger partial charge in [0.15, 0.2) is 0 Å². The molecule has 0 aromatic carbocycles. The molecule has 0 unspecified atom stereocenters. The van der Waals surface area contributed by atoms with Gasteiger partial charge in [0, 0.05) is 6.20 Å². The third kappa shape index (κ3) is 3.31. The number of nitrogens with one attached hydrogen (secondary N) is 1. The van der Waals surface area contributed by atoms with Crippen LogP contribution in [0.5, 0.6) is 0 Å². The van der Waals surface area contributed by atoms with Crippen molar-refractivity contribution < 1.29 is 9.90 Å². The molecule has 0 spiro atoms. The number of aliphatic hydroxyl groups excluding tert-OH is 1. The zero-order chi connectivity index (χ0) is 12.2. The minimum absolute atomic E-state index is 0.0813. The molecule has 0 aliphatic rings. The molecular weight excluding hydrogens is 204 g/mol. The SMILES string of the molecule is CC(C)(C)[C@@H](CO)NC(=O)c1ccccn1. The quantitative estimate of drug-likeness (QED) is 0.808. The maximum Gasteiger partial charge on any atom is 0.270 e. The third-order valence-electron chi connectivity index (χ3n) is 2.43. The smallest absolute Gasteiger partial charge is 0.270 e. The van der Waals surface area contributed by atoms with Crippen molar-refractivity contribution in [2.45, 2.75) is 26.8 Å². The lowest BCUT2D eigenvalue weighted by Gasteiger charge is -2.29. The molecule has 0 aliphatic heterocycles. The highest BCUT2D eigenvalue weighted by Gasteiger charge is 2.25. The molecule has 0 fully saturated rings. The van der Waals surface area contributed by atoms with E-state index in [1.165, 1.54) is 0 Å². The summed E-state index contributed by atoms with van der Waals surface area (Å²) in [7, 11) is 0. The van der Waals surface area contributed by atoms with Crippen LogP contribution < -0.4 is 5.32 Å². The molecule has 16 heavy (non-hydrogen) atoms. The minimum Gasteiger partial charge on any atom is -0.394 e. The van der Waals surface area contributed by atoms with Crippen LogP contribution in [0.25, 0.3) is 0 Å². The summed E-state index contributed by atoms with van der Waals surface area (Å²) in [5.74, 6) is -0.255. The number of aromatic nitrogens is 1. The monoisotopic (exact) mass is 222 g/mol. The Kier molecular flexibility index (Phi) is 4.01. The fourth-order valence-corrected chi connectivity index (χ4v) is 1.27. The topological polar surface area (TPSA) is 62.2 Å². The Labute approximate surface area is 95.7 Å². The van der Waals surface area contributed by atoms with Crippen LogP contribution in [0, 0.1) is 5.41 Å². The van der Waals surface area contributed by atoms with E-state index in [1.807, 2.05) is 20.8 Å². The van der Waals surface area contributed by atoms with E-state index in [-0.39, 0.29) is 24.0 Å². The molecule has 1 amide bonds. The van der Waals surface area contributed by atoms with Gasteiger partial charge in [0.2, 0.25) is 0 Å². The molecule has 4 heteroatoms. The molecule has 0 radical (unpaired) electrons. The Hall–Kier alpha value is -1.42. The number of rotatable bonds is 3. The lowest BCUT2D eigenvalue weighted by atomic mass is 9.87. The average Bonchev–Trinajstić information content (AvgIpc) is 2.25. The fourth-order valence-electron chi connectivity index (χ4n) is 1.27. The maximum atomic E-state index is 11.8. The molecule has 2 N–H and O–H groups in total. The van der Waals surface area contributed by atoms with E-state index >= 15 is 0 Å². The zero-order valence-corrected chi connectivity index (χ0v) is 9.90. The average molecular weight is 222 g/mol. The second kappa shape index (κ2) is 5.07. The molecule has 1 aromatic rings. The Morgan fingerprint density at radius 1 is 1.50 bits per heavy atom. The van der Waals surface area contributed by atoms with E-state index in [9.17, 15) is 9.90 Å². The molecule has 1 atom stereocenters. The van der Waals surface area contributed by atoms with Gasteiger partial charge in [0.1, 0.15) is 5.69 Å². The first-order valence-corrected chi connectivity index (χ1v) is 5.28. The summed E-state index contributed by atoms with van der Waals surface area (Å²) >= 11 is 0. The van der Waals surface area contributed by atoms with Gasteiger partial charge in [-0.3, -0.25) is 9.78 Å². The summed E-state index contributed by atoms with van der Waals surface area (Å²) < 4.78 is 0. The van der Waals surface area contributed by atoms with E-state index in [1.54, 1.807) is 24.4 Å². The van der Waals surface area contributed by atoms with E-state index < -0.39 is 0 Å². The summed E-state index contributed by atoms with van der Waals surface area (Å²) in [5.41, 5.74) is 0.185. The normalized spacial score (nSPS) is 13.2. The highest BCUT2D eigenvalue weighted by Crippen LogP contribution is 2.18. The number of hydrogen-bond acceptors (Lipinski definition) is 3. The van der Waals surface area contributed by atoms with Crippen molar-refractivity contribution in [3.8, 4) is 0 Å². The number of carbonyl (C=O) groups is 1. The Morgan fingerprint density at radius 2 is 2.19 bits per heavy atom. The molecule has 88 valence electrons. The third-order valence-corrected chi connectivity index (χ3v) is 2.43. The van der Waals surface area contributed by atoms with Gasteiger partial charge in [-0.2, -0.15) is 0 Å². The van der Waals surface area contributed by atoms with Gasteiger partial charge in [-0.1, -0.05) is 26.8 Å². The van der Waals surface area contributed by atoms with Crippen LogP contribution >= 0.6 is 0 Å². The summed E-state index contributed by atoms with van der Waals surface area (Å²) in [6.45, 7) is 5.81. The van der Waals surface area contributed by atoms with Gasteiger partial charge in [-0.05, 0) is 17.5 Å². The van der Waals surface area contributed by atoms with Crippen molar-refractivity contribution in [2.24, 2.45) is 5.41 Å². The fraction of sp³-hybridized carbons (Fsp3) is 0.500. The van der Waals surface area contributed by atoms with Crippen LogP contribution in [-0.4, -0.2) is 28.6 Å². The summed E-state index contributed by atoms with van der Waals surface area (Å²) in [5, 5.41) is 12.0. The highest BCUT2D eigenvalue weighted by atomic mass is 16.3. The zero-order valence-electron chi connectivity index (χ0n) is 9.90. The summed E-state index contributed by atoms with van der Waals surface area (Å²) in [4.78, 5) is 15.7. The molecule has 1 rings (SSSR count). The Bertz CT molecular complexity index is 344. The summed E-state index contributed by atoms with van der Waals surface area (Å²) in [6.07, 6.45) is 1.57. The molecular formula is C12H18N2O2. The molecule has 0 saturated heterocycles. The van der Waals surface area contributed by atoms with Crippen molar-refractivity contribution >= 4 is 5.91 Å². The van der Waals surface area contributed by atoms with E-state index in [0.717, 1.165) is 0 Å². The lowest BCUT2D eigenvalue weighted by Crippen LogP contribution is -2.46. The molecule has 0 aliphatic carbocycles. The summed E-state index contributed by atoms with van der Waals surface area (Å²) in [6, 6.07) is 4.88. The number of carbonyl (C=O) groups excluding carboxylic acids is 1. The Morgan fingerprint density at radius 3 is 2.62 bits per heavy atom. The maximum absolute atomic E-state index is 11.8. The van der Waals surface area contributed by atoms with Gasteiger partial charge in [0.25, 0.3) is 5.91 Å². The van der Waals surface area contributed by atoms with Crippen LogP contribution in [0.1, 0.15) is 31.3 Å². The van der Waals surface area contributed by atoms with Crippen molar-refractivity contribution in [2.75, 3.05) is 6.61 Å². The standard InChI is InChI=1S/C12H18N2O2/c1-12(2,3)10(8-15)14-11(16)9-6-4-5-7-13-9/h4-7,10,15H,8H2,1-3H3,(H,14,16)/t10-/m1/s1. The number of nitrogens with zero attached hydrogens (tertiary/aromatic N) is 1. The first-order valence-electron chi connectivity index (χ1n) is 5.28. The van der Waals surface area contributed by atoms with Crippen LogP contribution in [0.4, 0.5) is 0 Å². The van der Waals surface area contributed by atoms with Crippen LogP contribution in [0.3, 0.4) is 0 Å².